The second kappa shape index (κ2) is 26.2. The molecule has 0 aromatic heterocycles. The van der Waals surface area contributed by atoms with Gasteiger partial charge in [-0.25, -0.2) is 0 Å². The molecule has 0 heterocycles. The first-order valence-electron chi connectivity index (χ1n) is 14.9. The van der Waals surface area contributed by atoms with Gasteiger partial charge in [0, 0.05) is 0 Å². The van der Waals surface area contributed by atoms with Crippen LogP contribution in [0.3, 0.4) is 0 Å². The molecule has 1 nitrogen and oxygen atoms in total. The fourth-order valence-electron chi connectivity index (χ4n) is 4.80. The quantitative estimate of drug-likeness (QED) is 0.122. The van der Waals surface area contributed by atoms with E-state index in [4.69, 9.17) is 0 Å². The number of unbranched alkanes of at least 4 members (excludes halogenated alkanes) is 18. The monoisotopic (exact) mass is 437 g/mol. The summed E-state index contributed by atoms with van der Waals surface area (Å²) in [5, 5.41) is 0. The van der Waals surface area contributed by atoms with E-state index in [1.807, 2.05) is 0 Å². The van der Waals surface area contributed by atoms with Gasteiger partial charge in [0.25, 0.3) is 0 Å². The Morgan fingerprint density at radius 1 is 0.419 bits per heavy atom. The van der Waals surface area contributed by atoms with E-state index < -0.39 is 0 Å². The maximum atomic E-state index is 2.58. The number of nitrogens with zero attached hydrogens (tertiary/aromatic N) is 1. The van der Waals surface area contributed by atoms with Crippen LogP contribution in [0.1, 0.15) is 168 Å². The molecule has 0 fully saturated rings. The van der Waals surface area contributed by atoms with E-state index in [2.05, 4.69) is 32.7 Å². The lowest BCUT2D eigenvalue weighted by molar-refractivity contribution is 0.314. The van der Waals surface area contributed by atoms with E-state index in [9.17, 15) is 0 Å². The molecule has 0 bridgehead atoms. The van der Waals surface area contributed by atoms with E-state index >= 15 is 0 Å². The molecule has 0 aliphatic rings. The van der Waals surface area contributed by atoms with Crippen LogP contribution in [0.4, 0.5) is 0 Å². The Bertz CT molecular complexity index is 314. The summed E-state index contributed by atoms with van der Waals surface area (Å²) < 4.78 is 0. The molecule has 0 amide bonds. The summed E-state index contributed by atoms with van der Waals surface area (Å²) in [4.78, 5) is 2.58. The zero-order chi connectivity index (χ0) is 22.8. The fourth-order valence-corrected chi connectivity index (χ4v) is 4.80. The third-order valence-corrected chi connectivity index (χ3v) is 7.18. The van der Waals surface area contributed by atoms with Crippen LogP contribution in [-0.2, 0) is 0 Å². The van der Waals surface area contributed by atoms with Gasteiger partial charge < -0.3 is 4.90 Å². The van der Waals surface area contributed by atoms with Gasteiger partial charge in [-0.05, 0) is 38.9 Å². The first-order valence-corrected chi connectivity index (χ1v) is 14.9. The number of hydrogen-bond donors (Lipinski definition) is 0. The van der Waals surface area contributed by atoms with Crippen LogP contribution in [0.15, 0.2) is 0 Å². The Kier molecular flexibility index (Phi) is 26.2. The molecule has 188 valence electrons. The molecular weight excluding hydrogens is 374 g/mol. The molecule has 0 radical (unpaired) electrons. The Balaban J connectivity index is 3.20. The van der Waals surface area contributed by atoms with Gasteiger partial charge in [0.15, 0.2) is 0 Å². The summed E-state index contributed by atoms with van der Waals surface area (Å²) >= 11 is 0. The van der Waals surface area contributed by atoms with Crippen LogP contribution in [0, 0.1) is 5.92 Å². The van der Waals surface area contributed by atoms with Crippen molar-refractivity contribution in [2.24, 2.45) is 5.92 Å². The second-order valence-electron chi connectivity index (χ2n) is 10.7. The van der Waals surface area contributed by atoms with Crippen LogP contribution < -0.4 is 0 Å². The second-order valence-corrected chi connectivity index (χ2v) is 10.7. The fraction of sp³-hybridized carbons (Fsp3) is 1.00. The molecule has 0 aliphatic heterocycles. The molecule has 0 saturated heterocycles. The predicted octanol–water partition coefficient (Wildman–Crippen LogP) is 10.6. The van der Waals surface area contributed by atoms with Gasteiger partial charge in [0.2, 0.25) is 0 Å². The minimum atomic E-state index is 0.962. The van der Waals surface area contributed by atoms with Crippen molar-refractivity contribution in [1.29, 1.82) is 0 Å². The Labute approximate surface area is 199 Å². The first-order chi connectivity index (χ1) is 15.2. The van der Waals surface area contributed by atoms with E-state index in [0.29, 0.717) is 0 Å². The molecule has 0 spiro atoms. The van der Waals surface area contributed by atoms with Crippen molar-refractivity contribution in [1.82, 2.24) is 4.90 Å². The van der Waals surface area contributed by atoms with E-state index in [0.717, 1.165) is 5.92 Å². The highest BCUT2D eigenvalue weighted by molar-refractivity contribution is 4.57. The lowest BCUT2D eigenvalue weighted by Gasteiger charge is -2.16. The lowest BCUT2D eigenvalue weighted by Crippen LogP contribution is -2.20. The van der Waals surface area contributed by atoms with Crippen LogP contribution in [0.2, 0.25) is 0 Å². The Morgan fingerprint density at radius 2 is 0.710 bits per heavy atom. The molecule has 31 heavy (non-hydrogen) atoms. The zero-order valence-corrected chi connectivity index (χ0v) is 22.7. The van der Waals surface area contributed by atoms with Crippen molar-refractivity contribution in [2.45, 2.75) is 168 Å². The molecule has 0 aliphatic carbocycles. The SMILES string of the molecule is CCCCCCCCCCCCN(C)CCCCCCCCCCC(C)CCCCC. The molecule has 1 heteroatoms. The first kappa shape index (κ1) is 31.0. The van der Waals surface area contributed by atoms with Gasteiger partial charge in [-0.3, -0.25) is 0 Å². The average Bonchev–Trinajstić information content (AvgIpc) is 2.76. The van der Waals surface area contributed by atoms with Crippen molar-refractivity contribution in [3.8, 4) is 0 Å². The van der Waals surface area contributed by atoms with Gasteiger partial charge in [-0.15, -0.1) is 0 Å². The normalized spacial score (nSPS) is 12.7. The summed E-state index contributed by atoms with van der Waals surface area (Å²) in [6.45, 7) is 9.70. The van der Waals surface area contributed by atoms with Crippen LogP contribution in [0.25, 0.3) is 0 Å². The molecule has 1 unspecified atom stereocenters. The standard InChI is InChI=1S/C30H63N/c1-5-7-9-10-11-12-14-17-20-24-28-31(4)29-25-21-18-15-13-16-19-23-27-30(3)26-22-8-6-2/h30H,5-29H2,1-4H3. The summed E-state index contributed by atoms with van der Waals surface area (Å²) in [5.41, 5.74) is 0. The summed E-state index contributed by atoms with van der Waals surface area (Å²) in [6.07, 6.45) is 33.3. The Morgan fingerprint density at radius 3 is 1.13 bits per heavy atom. The van der Waals surface area contributed by atoms with Gasteiger partial charge in [0.1, 0.15) is 0 Å². The summed E-state index contributed by atoms with van der Waals surface area (Å²) in [5.74, 6) is 0.962. The largest absolute Gasteiger partial charge is 0.306 e. The minimum absolute atomic E-state index is 0.962. The van der Waals surface area contributed by atoms with Crippen LogP contribution in [-0.4, -0.2) is 25.0 Å². The van der Waals surface area contributed by atoms with Crippen LogP contribution >= 0.6 is 0 Å². The highest BCUT2D eigenvalue weighted by Crippen LogP contribution is 2.18. The van der Waals surface area contributed by atoms with Crippen molar-refractivity contribution in [2.75, 3.05) is 20.1 Å². The molecule has 0 N–H and O–H groups in total. The molecule has 0 aromatic carbocycles. The van der Waals surface area contributed by atoms with Crippen molar-refractivity contribution < 1.29 is 0 Å². The van der Waals surface area contributed by atoms with Gasteiger partial charge in [-0.1, -0.05) is 156 Å². The third-order valence-electron chi connectivity index (χ3n) is 7.18. The third kappa shape index (κ3) is 26.1. The van der Waals surface area contributed by atoms with Crippen molar-refractivity contribution >= 4 is 0 Å². The van der Waals surface area contributed by atoms with Gasteiger partial charge in [0.05, 0.1) is 0 Å². The van der Waals surface area contributed by atoms with Gasteiger partial charge in [-0.2, -0.15) is 0 Å². The molecule has 0 saturated carbocycles. The van der Waals surface area contributed by atoms with Crippen molar-refractivity contribution in [3.63, 3.8) is 0 Å². The topological polar surface area (TPSA) is 3.24 Å². The van der Waals surface area contributed by atoms with Crippen molar-refractivity contribution in [3.05, 3.63) is 0 Å². The predicted molar refractivity (Wildman–Crippen MR) is 144 cm³/mol. The minimum Gasteiger partial charge on any atom is -0.306 e. The molecule has 1 atom stereocenters. The number of hydrogen-bond acceptors (Lipinski definition) is 1. The van der Waals surface area contributed by atoms with E-state index in [1.165, 1.54) is 161 Å². The van der Waals surface area contributed by atoms with Crippen LogP contribution in [0.5, 0.6) is 0 Å². The summed E-state index contributed by atoms with van der Waals surface area (Å²) in [7, 11) is 2.33. The highest BCUT2D eigenvalue weighted by Gasteiger charge is 2.02. The molecular formula is C30H63N. The maximum absolute atomic E-state index is 2.58. The maximum Gasteiger partial charge on any atom is -0.00218 e. The highest BCUT2D eigenvalue weighted by atomic mass is 15.1. The molecule has 0 rings (SSSR count). The van der Waals surface area contributed by atoms with Gasteiger partial charge >= 0.3 is 0 Å². The smallest absolute Gasteiger partial charge is 0.00218 e. The number of rotatable bonds is 26. The molecule has 0 aromatic rings. The summed E-state index contributed by atoms with van der Waals surface area (Å²) in [6, 6.07) is 0. The van der Waals surface area contributed by atoms with E-state index in [-0.39, 0.29) is 0 Å². The van der Waals surface area contributed by atoms with E-state index in [1.54, 1.807) is 0 Å². The lowest BCUT2D eigenvalue weighted by atomic mass is 9.96. The zero-order valence-electron chi connectivity index (χ0n) is 22.7. The average molecular weight is 438 g/mol. The Hall–Kier alpha value is -0.0400.